The SMILES string of the molecule is Cn1c(=O)oc2ccc(CNC(=O)c3ncnc4c(N)n[nH]c34)cc21.N#Cc1ccc(C(=O)Cl)cc1. The van der Waals surface area contributed by atoms with Crippen LogP contribution in [0.4, 0.5) is 5.82 Å². The van der Waals surface area contributed by atoms with Gasteiger partial charge >= 0.3 is 5.76 Å². The molecule has 13 heteroatoms. The van der Waals surface area contributed by atoms with E-state index in [0.29, 0.717) is 33.3 Å². The first-order chi connectivity index (χ1) is 17.3. The van der Waals surface area contributed by atoms with Crippen molar-refractivity contribution in [2.45, 2.75) is 6.54 Å². The Kier molecular flexibility index (Phi) is 6.75. The summed E-state index contributed by atoms with van der Waals surface area (Å²) < 4.78 is 6.48. The summed E-state index contributed by atoms with van der Waals surface area (Å²) >= 11 is 5.18. The number of anilines is 1. The van der Waals surface area contributed by atoms with Crippen molar-refractivity contribution < 1.29 is 14.0 Å². The number of H-pyrrole nitrogens is 1. The highest BCUT2D eigenvalue weighted by Crippen LogP contribution is 2.17. The molecule has 0 aliphatic rings. The van der Waals surface area contributed by atoms with E-state index >= 15 is 0 Å². The molecule has 4 N–H and O–H groups in total. The van der Waals surface area contributed by atoms with Gasteiger partial charge in [-0.1, -0.05) is 6.07 Å². The summed E-state index contributed by atoms with van der Waals surface area (Å²) in [6.07, 6.45) is 1.26. The van der Waals surface area contributed by atoms with Crippen LogP contribution in [0.25, 0.3) is 22.1 Å². The van der Waals surface area contributed by atoms with Gasteiger partial charge < -0.3 is 15.5 Å². The number of aromatic nitrogens is 5. The Hall–Kier alpha value is -5.02. The van der Waals surface area contributed by atoms with Crippen LogP contribution in [0.1, 0.15) is 32.0 Å². The van der Waals surface area contributed by atoms with Crippen LogP contribution in [-0.2, 0) is 13.6 Å². The highest BCUT2D eigenvalue weighted by atomic mass is 35.5. The molecule has 1 amide bonds. The number of fused-ring (bicyclic) bond motifs is 2. The number of nitriles is 1. The van der Waals surface area contributed by atoms with E-state index in [9.17, 15) is 14.4 Å². The molecule has 0 unspecified atom stereocenters. The molecule has 0 fully saturated rings. The lowest BCUT2D eigenvalue weighted by atomic mass is 10.2. The van der Waals surface area contributed by atoms with Gasteiger partial charge in [0, 0.05) is 19.2 Å². The predicted molar refractivity (Wildman–Crippen MR) is 130 cm³/mol. The van der Waals surface area contributed by atoms with Crippen molar-refractivity contribution in [3.8, 4) is 6.07 Å². The van der Waals surface area contributed by atoms with Crippen molar-refractivity contribution in [2.75, 3.05) is 5.73 Å². The summed E-state index contributed by atoms with van der Waals surface area (Å²) in [5.74, 6) is -0.619. The molecule has 3 aromatic heterocycles. The Morgan fingerprint density at radius 2 is 1.97 bits per heavy atom. The van der Waals surface area contributed by atoms with Gasteiger partial charge in [-0.25, -0.2) is 14.8 Å². The van der Waals surface area contributed by atoms with Crippen LogP contribution in [0, 0.1) is 11.3 Å². The molecule has 12 nitrogen and oxygen atoms in total. The third-order valence-electron chi connectivity index (χ3n) is 5.14. The monoisotopic (exact) mass is 504 g/mol. The number of nitrogens with one attached hydrogen (secondary N) is 2. The second kappa shape index (κ2) is 10.1. The molecular weight excluding hydrogens is 488 g/mol. The number of benzene rings is 2. The number of hydrogen-bond acceptors (Lipinski definition) is 9. The normalized spacial score (nSPS) is 10.5. The van der Waals surface area contributed by atoms with Gasteiger partial charge in [-0.2, -0.15) is 10.4 Å². The number of nitrogen functional groups attached to an aromatic ring is 1. The fourth-order valence-electron chi connectivity index (χ4n) is 3.25. The molecule has 2 aromatic carbocycles. The average molecular weight is 505 g/mol. The summed E-state index contributed by atoms with van der Waals surface area (Å²) in [5.41, 5.74) is 9.50. The van der Waals surface area contributed by atoms with Crippen LogP contribution in [0.15, 0.2) is 58.0 Å². The highest BCUT2D eigenvalue weighted by Gasteiger charge is 2.16. The zero-order valence-electron chi connectivity index (χ0n) is 18.7. The van der Waals surface area contributed by atoms with Crippen molar-refractivity contribution in [1.29, 1.82) is 5.26 Å². The standard InChI is InChI=1S/C15H13N7O3.C8H4ClNO/c1-22-8-4-7(2-3-9(8)25-15(22)24)5-17-14(23)12-10-11(18-6-19-12)13(16)21-20-10;9-8(11)7-3-1-6(5-10)2-4-7/h2-4,6H,5H2,1H3,(H,17,23)(H3,16,20,21);1-4H. The largest absolute Gasteiger partial charge is 0.419 e. The van der Waals surface area contributed by atoms with E-state index in [2.05, 4.69) is 25.5 Å². The molecule has 5 aromatic rings. The van der Waals surface area contributed by atoms with Crippen molar-refractivity contribution in [3.63, 3.8) is 0 Å². The fraction of sp³-hybridized carbons (Fsp3) is 0.0870. The second-order valence-electron chi connectivity index (χ2n) is 7.43. The number of halogens is 1. The number of oxazole rings is 1. The molecule has 36 heavy (non-hydrogen) atoms. The van der Waals surface area contributed by atoms with Crippen LogP contribution in [-0.4, -0.2) is 35.9 Å². The van der Waals surface area contributed by atoms with Crippen LogP contribution >= 0.6 is 11.6 Å². The first-order valence-electron chi connectivity index (χ1n) is 10.3. The van der Waals surface area contributed by atoms with E-state index in [-0.39, 0.29) is 18.1 Å². The fourth-order valence-corrected chi connectivity index (χ4v) is 3.38. The molecule has 180 valence electrons. The maximum Gasteiger partial charge on any atom is 0.419 e. The smallest absolute Gasteiger partial charge is 0.408 e. The molecule has 0 spiro atoms. The van der Waals surface area contributed by atoms with Gasteiger partial charge in [0.1, 0.15) is 17.4 Å². The number of aryl methyl sites for hydroxylation is 1. The number of amides is 1. The molecule has 0 saturated carbocycles. The minimum absolute atomic E-state index is 0.158. The summed E-state index contributed by atoms with van der Waals surface area (Å²) in [6.45, 7) is 0.253. The van der Waals surface area contributed by atoms with Crippen LogP contribution in [0.2, 0.25) is 0 Å². The lowest BCUT2D eigenvalue weighted by molar-refractivity contribution is 0.0947. The van der Waals surface area contributed by atoms with Gasteiger partial charge in [-0.15, -0.1) is 0 Å². The van der Waals surface area contributed by atoms with E-state index in [1.54, 1.807) is 37.4 Å². The quantitative estimate of drug-likeness (QED) is 0.308. The Labute approximate surface area is 207 Å². The lowest BCUT2D eigenvalue weighted by Gasteiger charge is -2.05. The Balaban J connectivity index is 0.000000233. The van der Waals surface area contributed by atoms with E-state index in [1.807, 2.05) is 6.07 Å². The van der Waals surface area contributed by atoms with E-state index in [4.69, 9.17) is 27.0 Å². The summed E-state index contributed by atoms with van der Waals surface area (Å²) in [6, 6.07) is 13.3. The van der Waals surface area contributed by atoms with Crippen molar-refractivity contribution >= 4 is 50.7 Å². The minimum atomic E-state index is -0.505. The number of carbonyl (C=O) groups excluding carboxylic acids is 2. The Morgan fingerprint density at radius 1 is 1.22 bits per heavy atom. The number of carbonyl (C=O) groups is 2. The third kappa shape index (κ3) is 4.91. The zero-order valence-corrected chi connectivity index (χ0v) is 19.4. The number of aromatic amines is 1. The molecule has 0 bridgehead atoms. The molecule has 5 rings (SSSR count). The maximum atomic E-state index is 12.4. The maximum absolute atomic E-state index is 12.4. The van der Waals surface area contributed by atoms with Gasteiger partial charge in [0.15, 0.2) is 17.1 Å². The van der Waals surface area contributed by atoms with E-state index in [1.165, 1.54) is 23.0 Å². The molecule has 3 heterocycles. The molecule has 0 aliphatic carbocycles. The second-order valence-corrected chi connectivity index (χ2v) is 7.77. The minimum Gasteiger partial charge on any atom is -0.408 e. The topological polar surface area (TPSA) is 186 Å². The average Bonchev–Trinajstić information content (AvgIpc) is 3.41. The molecule has 0 saturated heterocycles. The van der Waals surface area contributed by atoms with Crippen molar-refractivity contribution in [3.05, 3.63) is 81.7 Å². The first-order valence-corrected chi connectivity index (χ1v) is 10.7. The third-order valence-corrected chi connectivity index (χ3v) is 5.36. The zero-order chi connectivity index (χ0) is 25.8. The van der Waals surface area contributed by atoms with Gasteiger partial charge in [0.25, 0.3) is 11.1 Å². The number of hydrogen-bond donors (Lipinski definition) is 3. The molecule has 0 aliphatic heterocycles. The summed E-state index contributed by atoms with van der Waals surface area (Å²) in [4.78, 5) is 42.4. The summed E-state index contributed by atoms with van der Waals surface area (Å²) in [7, 11) is 1.62. The number of nitrogens with zero attached hydrogens (tertiary/aromatic N) is 5. The van der Waals surface area contributed by atoms with E-state index in [0.717, 1.165) is 5.56 Å². The van der Waals surface area contributed by atoms with Gasteiger partial charge in [-0.3, -0.25) is 19.3 Å². The van der Waals surface area contributed by atoms with E-state index < -0.39 is 16.9 Å². The van der Waals surface area contributed by atoms with Gasteiger partial charge in [0.05, 0.1) is 17.1 Å². The Bertz CT molecular complexity index is 1700. The lowest BCUT2D eigenvalue weighted by Crippen LogP contribution is -2.24. The van der Waals surface area contributed by atoms with Crippen molar-refractivity contribution in [1.82, 2.24) is 30.0 Å². The number of nitrogens with two attached hydrogens (primary N) is 1. The van der Waals surface area contributed by atoms with Crippen LogP contribution in [0.5, 0.6) is 0 Å². The highest BCUT2D eigenvalue weighted by molar-refractivity contribution is 6.67. The predicted octanol–water partition coefficient (Wildman–Crippen LogP) is 2.25. The Morgan fingerprint density at radius 3 is 2.67 bits per heavy atom. The van der Waals surface area contributed by atoms with Gasteiger partial charge in [-0.05, 0) is 53.6 Å². The molecular formula is C23H17ClN8O4. The van der Waals surface area contributed by atoms with Crippen LogP contribution < -0.4 is 16.8 Å². The number of rotatable bonds is 4. The first kappa shape index (κ1) is 24.1. The van der Waals surface area contributed by atoms with Crippen LogP contribution in [0.3, 0.4) is 0 Å². The van der Waals surface area contributed by atoms with Gasteiger partial charge in [0.2, 0.25) is 0 Å². The molecule has 0 atom stereocenters. The molecule has 0 radical (unpaired) electrons. The summed E-state index contributed by atoms with van der Waals surface area (Å²) in [5, 5.41) is 17.2. The van der Waals surface area contributed by atoms with Crippen molar-refractivity contribution in [2.24, 2.45) is 7.05 Å².